The molecule has 0 aromatic carbocycles. The number of carboxylic acid groups (broad SMARTS) is 1. The highest BCUT2D eigenvalue weighted by Gasteiger charge is 2.54. The lowest BCUT2D eigenvalue weighted by Gasteiger charge is -2.37. The molecule has 4 fully saturated rings. The lowest BCUT2D eigenvalue weighted by atomic mass is 9.74. The van der Waals surface area contributed by atoms with Crippen LogP contribution in [0.15, 0.2) is 0 Å². The van der Waals surface area contributed by atoms with Crippen LogP contribution >= 0.6 is 0 Å². The quantitative estimate of drug-likeness (QED) is 0.628. The summed E-state index contributed by atoms with van der Waals surface area (Å²) in [6, 6.07) is 0. The van der Waals surface area contributed by atoms with Crippen molar-refractivity contribution in [1.82, 2.24) is 0 Å². The van der Waals surface area contributed by atoms with Gasteiger partial charge in [-0.25, -0.2) is 4.79 Å². The van der Waals surface area contributed by atoms with Crippen molar-refractivity contribution in [3.8, 4) is 0 Å². The largest absolute Gasteiger partial charge is 0.506 e. The molecule has 2 saturated carbocycles. The minimum absolute atomic E-state index is 0.238. The van der Waals surface area contributed by atoms with Gasteiger partial charge in [0.05, 0.1) is 24.4 Å². The first-order valence-electron chi connectivity index (χ1n) is 7.36. The van der Waals surface area contributed by atoms with Crippen molar-refractivity contribution < 1.29 is 24.1 Å². The molecule has 0 spiro atoms. The molecule has 4 aliphatic rings. The number of epoxide rings is 2. The van der Waals surface area contributed by atoms with Crippen LogP contribution < -0.4 is 0 Å². The summed E-state index contributed by atoms with van der Waals surface area (Å²) in [7, 11) is 0. The fourth-order valence-corrected chi connectivity index (χ4v) is 4.19. The third kappa shape index (κ3) is 2.34. The van der Waals surface area contributed by atoms with Crippen LogP contribution in [0.2, 0.25) is 0 Å². The molecule has 0 bridgehead atoms. The molecule has 6 unspecified atom stereocenters. The maximum Gasteiger partial charge on any atom is 0.506 e. The lowest BCUT2D eigenvalue weighted by molar-refractivity contribution is -0.0540. The van der Waals surface area contributed by atoms with Gasteiger partial charge in [-0.2, -0.15) is 0 Å². The summed E-state index contributed by atoms with van der Waals surface area (Å²) in [5.74, 6) is 0.540. The molecule has 0 amide bonds. The minimum atomic E-state index is -1.14. The van der Waals surface area contributed by atoms with E-state index >= 15 is 0 Å². The van der Waals surface area contributed by atoms with Gasteiger partial charge in [0.1, 0.15) is 5.60 Å². The van der Waals surface area contributed by atoms with Crippen LogP contribution in [0.1, 0.15) is 44.9 Å². The van der Waals surface area contributed by atoms with Gasteiger partial charge in [0.25, 0.3) is 0 Å². The van der Waals surface area contributed by atoms with Gasteiger partial charge in [-0.15, -0.1) is 0 Å². The van der Waals surface area contributed by atoms with Crippen molar-refractivity contribution in [2.24, 2.45) is 5.92 Å². The molecule has 2 aliphatic carbocycles. The minimum Gasteiger partial charge on any atom is -0.450 e. The lowest BCUT2D eigenvalue weighted by Crippen LogP contribution is -2.42. The van der Waals surface area contributed by atoms with Crippen molar-refractivity contribution in [2.75, 3.05) is 0 Å². The van der Waals surface area contributed by atoms with Gasteiger partial charge in [-0.1, -0.05) is 0 Å². The van der Waals surface area contributed by atoms with E-state index in [2.05, 4.69) is 0 Å². The maximum atomic E-state index is 11.0. The molecule has 106 valence electrons. The second-order valence-corrected chi connectivity index (χ2v) is 6.60. The Morgan fingerprint density at radius 2 is 1.95 bits per heavy atom. The predicted molar refractivity (Wildman–Crippen MR) is 65.0 cm³/mol. The molecule has 19 heavy (non-hydrogen) atoms. The normalized spacial score (nSPS) is 50.8. The third-order valence-corrected chi connectivity index (χ3v) is 5.22. The second kappa shape index (κ2) is 4.09. The SMILES string of the molecule is O=C(O)OC1(CC2CCC3OC3C2)CCC2OC2C1. The maximum absolute atomic E-state index is 11.0. The molecule has 6 atom stereocenters. The molecule has 5 nitrogen and oxygen atoms in total. The fourth-order valence-electron chi connectivity index (χ4n) is 4.19. The summed E-state index contributed by atoms with van der Waals surface area (Å²) >= 11 is 0. The van der Waals surface area contributed by atoms with Gasteiger partial charge in [-0.05, 0) is 44.4 Å². The van der Waals surface area contributed by atoms with Gasteiger partial charge in [0.15, 0.2) is 0 Å². The van der Waals surface area contributed by atoms with Crippen LogP contribution in [0.25, 0.3) is 0 Å². The van der Waals surface area contributed by atoms with Crippen molar-refractivity contribution in [3.63, 3.8) is 0 Å². The van der Waals surface area contributed by atoms with E-state index in [0.29, 0.717) is 24.2 Å². The van der Waals surface area contributed by atoms with Crippen LogP contribution in [0, 0.1) is 5.92 Å². The highest BCUT2D eigenvalue weighted by molar-refractivity contribution is 5.57. The van der Waals surface area contributed by atoms with E-state index in [1.165, 1.54) is 0 Å². The van der Waals surface area contributed by atoms with E-state index in [9.17, 15) is 4.79 Å². The monoisotopic (exact) mass is 268 g/mol. The summed E-state index contributed by atoms with van der Waals surface area (Å²) in [6.45, 7) is 0. The smallest absolute Gasteiger partial charge is 0.450 e. The van der Waals surface area contributed by atoms with E-state index in [-0.39, 0.29) is 6.10 Å². The molecule has 4 rings (SSSR count). The number of ether oxygens (including phenoxy) is 3. The highest BCUT2D eigenvalue weighted by Crippen LogP contribution is 2.49. The van der Waals surface area contributed by atoms with E-state index < -0.39 is 11.8 Å². The standard InChI is InChI=1S/C14H20O5/c15-13(16)19-14(4-3-10-12(7-14)18-10)6-8-1-2-9-11(5-8)17-9/h8-12H,1-7H2,(H,15,16). The third-order valence-electron chi connectivity index (χ3n) is 5.22. The summed E-state index contributed by atoms with van der Waals surface area (Å²) in [4.78, 5) is 11.0. The molecule has 2 saturated heterocycles. The average molecular weight is 268 g/mol. The Bertz CT molecular complexity index is 397. The predicted octanol–water partition coefficient (Wildman–Crippen LogP) is 2.33. The number of carbonyl (C=O) groups is 1. The van der Waals surface area contributed by atoms with Gasteiger partial charge in [0, 0.05) is 6.42 Å². The molecular formula is C14H20O5. The molecule has 2 heterocycles. The summed E-state index contributed by atoms with van der Waals surface area (Å²) < 4.78 is 16.4. The topological polar surface area (TPSA) is 71.6 Å². The van der Waals surface area contributed by atoms with Crippen molar-refractivity contribution in [1.29, 1.82) is 0 Å². The van der Waals surface area contributed by atoms with Crippen LogP contribution in [0.5, 0.6) is 0 Å². The second-order valence-electron chi connectivity index (χ2n) is 6.60. The van der Waals surface area contributed by atoms with E-state index in [1.807, 2.05) is 0 Å². The Balaban J connectivity index is 1.44. The van der Waals surface area contributed by atoms with Crippen LogP contribution in [-0.2, 0) is 14.2 Å². The van der Waals surface area contributed by atoms with E-state index in [4.69, 9.17) is 19.3 Å². The van der Waals surface area contributed by atoms with Gasteiger partial charge >= 0.3 is 6.16 Å². The van der Waals surface area contributed by atoms with Gasteiger partial charge in [0.2, 0.25) is 0 Å². The Morgan fingerprint density at radius 3 is 2.68 bits per heavy atom. The fraction of sp³-hybridized carbons (Fsp3) is 0.929. The van der Waals surface area contributed by atoms with Crippen molar-refractivity contribution in [2.45, 2.75) is 75.0 Å². The Hall–Kier alpha value is -0.810. The first kappa shape index (κ1) is 12.0. The Morgan fingerprint density at radius 1 is 1.16 bits per heavy atom. The number of hydrogen-bond acceptors (Lipinski definition) is 4. The Labute approximate surface area is 112 Å². The number of rotatable bonds is 3. The summed E-state index contributed by atoms with van der Waals surface area (Å²) in [5.41, 5.74) is -0.504. The van der Waals surface area contributed by atoms with Crippen LogP contribution in [0.3, 0.4) is 0 Å². The molecule has 0 aromatic rings. The van der Waals surface area contributed by atoms with E-state index in [1.54, 1.807) is 0 Å². The van der Waals surface area contributed by atoms with Crippen molar-refractivity contribution >= 4 is 6.16 Å². The van der Waals surface area contributed by atoms with Gasteiger partial charge < -0.3 is 19.3 Å². The molecule has 2 aliphatic heterocycles. The van der Waals surface area contributed by atoms with Crippen LogP contribution in [-0.4, -0.2) is 41.3 Å². The molecule has 5 heteroatoms. The molecule has 0 aromatic heterocycles. The van der Waals surface area contributed by atoms with Crippen LogP contribution in [0.4, 0.5) is 4.79 Å². The zero-order valence-corrected chi connectivity index (χ0v) is 10.9. The zero-order chi connectivity index (χ0) is 13.0. The number of fused-ring (bicyclic) bond motifs is 2. The van der Waals surface area contributed by atoms with E-state index in [0.717, 1.165) is 44.9 Å². The van der Waals surface area contributed by atoms with Crippen molar-refractivity contribution in [3.05, 3.63) is 0 Å². The molecular weight excluding hydrogens is 248 g/mol. The summed E-state index contributed by atoms with van der Waals surface area (Å²) in [6.07, 6.45) is 7.08. The zero-order valence-electron chi connectivity index (χ0n) is 10.9. The Kier molecular flexibility index (Phi) is 2.58. The first-order valence-corrected chi connectivity index (χ1v) is 7.36. The first-order chi connectivity index (χ1) is 9.13. The molecule has 1 N–H and O–H groups in total. The number of hydrogen-bond donors (Lipinski definition) is 1. The van der Waals surface area contributed by atoms with Gasteiger partial charge in [-0.3, -0.25) is 0 Å². The molecule has 0 radical (unpaired) electrons. The average Bonchev–Trinajstić information content (AvgIpc) is 3.20. The summed E-state index contributed by atoms with van der Waals surface area (Å²) in [5, 5.41) is 9.03. The highest BCUT2D eigenvalue weighted by atomic mass is 16.7.